The number of nitriles is 1. The summed E-state index contributed by atoms with van der Waals surface area (Å²) in [5.41, 5.74) is 2.50. The highest BCUT2D eigenvalue weighted by molar-refractivity contribution is 9.10. The minimum atomic E-state index is 0.623. The molecule has 0 saturated carbocycles. The van der Waals surface area contributed by atoms with Gasteiger partial charge in [-0.3, -0.25) is 5.10 Å². The van der Waals surface area contributed by atoms with Crippen molar-refractivity contribution in [3.05, 3.63) is 46.2 Å². The molecule has 0 unspecified atom stereocenters. The molecule has 0 fully saturated rings. The molecule has 0 aliphatic carbocycles. The lowest BCUT2D eigenvalue weighted by Gasteiger charge is -2.06. The number of anilines is 1. The number of rotatable bonds is 3. The first-order valence-electron chi connectivity index (χ1n) is 4.71. The zero-order chi connectivity index (χ0) is 11.4. The van der Waals surface area contributed by atoms with Crippen molar-refractivity contribution in [2.75, 3.05) is 5.32 Å². The Balaban J connectivity index is 2.13. The van der Waals surface area contributed by atoms with Crippen LogP contribution >= 0.6 is 15.9 Å². The molecular formula is C11H9BrN4. The van der Waals surface area contributed by atoms with Gasteiger partial charge in [-0.25, -0.2) is 0 Å². The number of halogens is 1. The smallest absolute Gasteiger partial charge is 0.101 e. The van der Waals surface area contributed by atoms with Crippen molar-refractivity contribution < 1.29 is 0 Å². The topological polar surface area (TPSA) is 64.5 Å². The second-order valence-corrected chi connectivity index (χ2v) is 4.18. The first-order chi connectivity index (χ1) is 7.79. The highest BCUT2D eigenvalue weighted by Crippen LogP contribution is 2.20. The molecule has 2 rings (SSSR count). The van der Waals surface area contributed by atoms with Crippen LogP contribution in [-0.2, 0) is 6.54 Å². The fourth-order valence-electron chi connectivity index (χ4n) is 1.33. The molecule has 0 aliphatic rings. The molecule has 0 aliphatic heterocycles. The first-order valence-corrected chi connectivity index (χ1v) is 5.50. The van der Waals surface area contributed by atoms with Crippen LogP contribution < -0.4 is 5.32 Å². The van der Waals surface area contributed by atoms with Gasteiger partial charge in [-0.15, -0.1) is 0 Å². The van der Waals surface area contributed by atoms with Crippen molar-refractivity contribution >= 4 is 21.6 Å². The van der Waals surface area contributed by atoms with E-state index in [-0.39, 0.29) is 0 Å². The molecule has 0 bridgehead atoms. The quantitative estimate of drug-likeness (QED) is 0.906. The zero-order valence-electron chi connectivity index (χ0n) is 8.37. The van der Waals surface area contributed by atoms with Gasteiger partial charge in [-0.05, 0) is 18.2 Å². The fraction of sp³-hybridized carbons (Fsp3) is 0.0909. The van der Waals surface area contributed by atoms with Gasteiger partial charge in [-0.1, -0.05) is 15.9 Å². The van der Waals surface area contributed by atoms with Gasteiger partial charge in [0.15, 0.2) is 0 Å². The molecule has 0 amide bonds. The second kappa shape index (κ2) is 4.81. The monoisotopic (exact) mass is 276 g/mol. The molecule has 1 aromatic carbocycles. The van der Waals surface area contributed by atoms with Crippen molar-refractivity contribution in [2.24, 2.45) is 0 Å². The summed E-state index contributed by atoms with van der Waals surface area (Å²) in [5.74, 6) is 0. The summed E-state index contributed by atoms with van der Waals surface area (Å²) in [6.45, 7) is 0.646. The van der Waals surface area contributed by atoms with Gasteiger partial charge in [0.2, 0.25) is 0 Å². The highest BCUT2D eigenvalue weighted by Gasteiger charge is 2.02. The van der Waals surface area contributed by atoms with E-state index in [2.05, 4.69) is 37.5 Å². The third-order valence-electron chi connectivity index (χ3n) is 2.14. The first kappa shape index (κ1) is 10.7. The van der Waals surface area contributed by atoms with Crippen molar-refractivity contribution in [2.45, 2.75) is 6.54 Å². The number of aromatic amines is 1. The summed E-state index contributed by atoms with van der Waals surface area (Å²) in [7, 11) is 0. The number of hydrogen-bond donors (Lipinski definition) is 2. The van der Waals surface area contributed by atoms with E-state index in [1.807, 2.05) is 18.3 Å². The van der Waals surface area contributed by atoms with E-state index in [1.54, 1.807) is 12.3 Å². The standard InChI is InChI=1S/C11H9BrN4/c12-10-1-2-11(9(3-10)4-13)14-5-8-6-15-16-7-8/h1-3,6-7,14H,5H2,(H,15,16). The molecule has 2 N–H and O–H groups in total. The van der Waals surface area contributed by atoms with Crippen LogP contribution in [-0.4, -0.2) is 10.2 Å². The largest absolute Gasteiger partial charge is 0.380 e. The molecular weight excluding hydrogens is 268 g/mol. The molecule has 4 nitrogen and oxygen atoms in total. The maximum atomic E-state index is 8.97. The van der Waals surface area contributed by atoms with Crippen molar-refractivity contribution in [1.29, 1.82) is 5.26 Å². The van der Waals surface area contributed by atoms with E-state index in [4.69, 9.17) is 5.26 Å². The van der Waals surface area contributed by atoms with Crippen molar-refractivity contribution in [3.8, 4) is 6.07 Å². The number of H-pyrrole nitrogens is 1. The molecule has 0 atom stereocenters. The van der Waals surface area contributed by atoms with Gasteiger partial charge in [-0.2, -0.15) is 10.4 Å². The van der Waals surface area contributed by atoms with Gasteiger partial charge in [0.25, 0.3) is 0 Å². The Kier molecular flexibility index (Phi) is 3.22. The Morgan fingerprint density at radius 1 is 1.50 bits per heavy atom. The van der Waals surface area contributed by atoms with E-state index in [0.29, 0.717) is 12.1 Å². The molecule has 0 spiro atoms. The van der Waals surface area contributed by atoms with Gasteiger partial charge in [0.05, 0.1) is 17.4 Å². The number of nitrogens with one attached hydrogen (secondary N) is 2. The molecule has 1 heterocycles. The Bertz CT molecular complexity index is 513. The second-order valence-electron chi connectivity index (χ2n) is 3.26. The van der Waals surface area contributed by atoms with E-state index in [9.17, 15) is 0 Å². The number of aromatic nitrogens is 2. The number of hydrogen-bond acceptors (Lipinski definition) is 3. The zero-order valence-corrected chi connectivity index (χ0v) is 9.95. The Hall–Kier alpha value is -1.80. The van der Waals surface area contributed by atoms with Gasteiger partial charge in [0, 0.05) is 22.8 Å². The number of nitrogens with zero attached hydrogens (tertiary/aromatic N) is 2. The van der Waals surface area contributed by atoms with Crippen molar-refractivity contribution in [1.82, 2.24) is 10.2 Å². The summed E-state index contributed by atoms with van der Waals surface area (Å²) in [5, 5.41) is 18.8. The third-order valence-corrected chi connectivity index (χ3v) is 2.63. The summed E-state index contributed by atoms with van der Waals surface area (Å²) in [4.78, 5) is 0. The van der Waals surface area contributed by atoms with Crippen LogP contribution in [0.5, 0.6) is 0 Å². The van der Waals surface area contributed by atoms with E-state index >= 15 is 0 Å². The highest BCUT2D eigenvalue weighted by atomic mass is 79.9. The van der Waals surface area contributed by atoms with E-state index in [0.717, 1.165) is 15.7 Å². The maximum Gasteiger partial charge on any atom is 0.101 e. The summed E-state index contributed by atoms with van der Waals surface area (Å²) < 4.78 is 0.901. The van der Waals surface area contributed by atoms with Crippen LogP contribution in [0.2, 0.25) is 0 Å². The lowest BCUT2D eigenvalue weighted by molar-refractivity contribution is 1.09. The average Bonchev–Trinajstić information content (AvgIpc) is 2.80. The van der Waals surface area contributed by atoms with Gasteiger partial charge < -0.3 is 5.32 Å². The summed E-state index contributed by atoms with van der Waals surface area (Å²) in [6.07, 6.45) is 3.57. The Labute approximate surface area is 101 Å². The predicted octanol–water partition coefficient (Wildman–Crippen LogP) is 2.66. The van der Waals surface area contributed by atoms with Crippen molar-refractivity contribution in [3.63, 3.8) is 0 Å². The Morgan fingerprint density at radius 2 is 2.38 bits per heavy atom. The molecule has 5 heteroatoms. The lowest BCUT2D eigenvalue weighted by Crippen LogP contribution is -2.00. The molecule has 0 saturated heterocycles. The van der Waals surface area contributed by atoms with Crippen LogP contribution in [0.3, 0.4) is 0 Å². The molecule has 1 aromatic heterocycles. The van der Waals surface area contributed by atoms with Gasteiger partial charge >= 0.3 is 0 Å². The third kappa shape index (κ3) is 2.41. The SMILES string of the molecule is N#Cc1cc(Br)ccc1NCc1cn[nH]c1. The average molecular weight is 277 g/mol. The minimum absolute atomic E-state index is 0.623. The van der Waals surface area contributed by atoms with Crippen LogP contribution in [0.15, 0.2) is 35.1 Å². The lowest BCUT2D eigenvalue weighted by atomic mass is 10.2. The molecule has 0 radical (unpaired) electrons. The summed E-state index contributed by atoms with van der Waals surface area (Å²) in [6, 6.07) is 7.72. The molecule has 16 heavy (non-hydrogen) atoms. The number of benzene rings is 1. The van der Waals surface area contributed by atoms with Crippen LogP contribution in [0, 0.1) is 11.3 Å². The molecule has 80 valence electrons. The van der Waals surface area contributed by atoms with Gasteiger partial charge in [0.1, 0.15) is 6.07 Å². The van der Waals surface area contributed by atoms with Crippen LogP contribution in [0.4, 0.5) is 5.69 Å². The van der Waals surface area contributed by atoms with Crippen LogP contribution in [0.1, 0.15) is 11.1 Å². The van der Waals surface area contributed by atoms with Crippen LogP contribution in [0.25, 0.3) is 0 Å². The maximum absolute atomic E-state index is 8.97. The van der Waals surface area contributed by atoms with E-state index in [1.165, 1.54) is 0 Å². The predicted molar refractivity (Wildman–Crippen MR) is 64.8 cm³/mol. The minimum Gasteiger partial charge on any atom is -0.380 e. The fourth-order valence-corrected chi connectivity index (χ4v) is 1.70. The normalized spacial score (nSPS) is 9.75. The Morgan fingerprint density at radius 3 is 3.06 bits per heavy atom. The summed E-state index contributed by atoms with van der Waals surface area (Å²) >= 11 is 3.33. The van der Waals surface area contributed by atoms with E-state index < -0.39 is 0 Å². The molecule has 2 aromatic rings.